The lowest BCUT2D eigenvalue weighted by atomic mass is 9.98. The Morgan fingerprint density at radius 3 is 1.93 bits per heavy atom. The molecule has 1 aliphatic carbocycles. The van der Waals surface area contributed by atoms with Gasteiger partial charge < -0.3 is 47.7 Å². The molecule has 3 aromatic carbocycles. The first-order valence-corrected chi connectivity index (χ1v) is 17.2. The maximum atomic E-state index is 13.8. The highest BCUT2D eigenvalue weighted by Gasteiger charge is 2.36. The SMILES string of the molecule is CC(C)(NC(=O)[C@H](Cc1ccc(O)cc1)NC(=O)[C@H](CCCC(=O)O)NC(=O)OCC1c2ccccc2-c2ccccc21)C(=O)N[C@@H](CC(N)=O)C(N)=O. The van der Waals surface area contributed by atoms with E-state index in [9.17, 15) is 43.8 Å². The zero-order valence-electron chi connectivity index (χ0n) is 29.8. The lowest BCUT2D eigenvalue weighted by Gasteiger charge is -2.30. The Bertz CT molecular complexity index is 1850. The number of phenols is 1. The highest BCUT2D eigenvalue weighted by molar-refractivity contribution is 5.97. The molecule has 16 heteroatoms. The summed E-state index contributed by atoms with van der Waals surface area (Å²) in [6.07, 6.45) is -2.11. The van der Waals surface area contributed by atoms with Crippen molar-refractivity contribution in [1.82, 2.24) is 21.3 Å². The summed E-state index contributed by atoms with van der Waals surface area (Å²) in [5, 5.41) is 28.9. The third-order valence-electron chi connectivity index (χ3n) is 8.90. The van der Waals surface area contributed by atoms with Crippen LogP contribution in [0.25, 0.3) is 11.1 Å². The topological polar surface area (TPSA) is 269 Å². The van der Waals surface area contributed by atoms with E-state index < -0.39 is 71.7 Å². The lowest BCUT2D eigenvalue weighted by molar-refractivity contribution is -0.137. The van der Waals surface area contributed by atoms with Crippen molar-refractivity contribution in [2.75, 3.05) is 6.61 Å². The third kappa shape index (κ3) is 10.8. The number of hydrogen-bond acceptors (Lipinski definition) is 9. The number of aliphatic carboxylic acids is 1. The predicted molar refractivity (Wildman–Crippen MR) is 194 cm³/mol. The molecule has 4 rings (SSSR count). The molecule has 3 aromatic rings. The quantitative estimate of drug-likeness (QED) is 0.0926. The molecule has 3 atom stereocenters. The summed E-state index contributed by atoms with van der Waals surface area (Å²) in [6, 6.07) is 17.1. The summed E-state index contributed by atoms with van der Waals surface area (Å²) >= 11 is 0. The number of hydrogen-bond donors (Lipinski definition) is 8. The van der Waals surface area contributed by atoms with Gasteiger partial charge in [0, 0.05) is 18.8 Å². The maximum absolute atomic E-state index is 13.8. The summed E-state index contributed by atoms with van der Waals surface area (Å²) in [7, 11) is 0. The fraction of sp³-hybridized carbons (Fsp3) is 0.342. The van der Waals surface area contributed by atoms with Gasteiger partial charge in [-0.3, -0.25) is 28.8 Å². The predicted octanol–water partition coefficient (Wildman–Crippen LogP) is 1.32. The van der Waals surface area contributed by atoms with E-state index in [-0.39, 0.29) is 44.0 Å². The molecule has 1 aliphatic rings. The number of ether oxygens (including phenoxy) is 1. The molecule has 0 heterocycles. The Kier molecular flexibility index (Phi) is 13.3. The highest BCUT2D eigenvalue weighted by Crippen LogP contribution is 2.44. The Morgan fingerprint density at radius 1 is 0.778 bits per heavy atom. The molecule has 54 heavy (non-hydrogen) atoms. The van der Waals surface area contributed by atoms with Crippen LogP contribution in [-0.2, 0) is 39.9 Å². The van der Waals surface area contributed by atoms with Crippen molar-refractivity contribution in [1.29, 1.82) is 0 Å². The van der Waals surface area contributed by atoms with Gasteiger partial charge in [-0.1, -0.05) is 60.7 Å². The molecule has 0 spiro atoms. The molecular weight excluding hydrogens is 700 g/mol. The Labute approximate surface area is 311 Å². The smallest absolute Gasteiger partial charge is 0.407 e. The number of carbonyl (C=O) groups is 7. The molecular formula is C38H44N6O10. The second-order valence-electron chi connectivity index (χ2n) is 13.5. The molecule has 0 bridgehead atoms. The van der Waals surface area contributed by atoms with E-state index in [0.29, 0.717) is 5.56 Å². The average molecular weight is 745 g/mol. The summed E-state index contributed by atoms with van der Waals surface area (Å²) in [5.41, 5.74) is 13.2. The highest BCUT2D eigenvalue weighted by atomic mass is 16.5. The van der Waals surface area contributed by atoms with Crippen LogP contribution in [0.15, 0.2) is 72.8 Å². The van der Waals surface area contributed by atoms with Crippen molar-refractivity contribution in [2.24, 2.45) is 11.5 Å². The molecule has 0 fully saturated rings. The van der Waals surface area contributed by atoms with Gasteiger partial charge in [0.25, 0.3) is 0 Å². The van der Waals surface area contributed by atoms with E-state index in [4.69, 9.17) is 16.2 Å². The molecule has 0 saturated heterocycles. The maximum Gasteiger partial charge on any atom is 0.407 e. The number of fused-ring (bicyclic) bond motifs is 3. The first-order chi connectivity index (χ1) is 25.5. The summed E-state index contributed by atoms with van der Waals surface area (Å²) < 4.78 is 5.62. The molecule has 0 saturated carbocycles. The van der Waals surface area contributed by atoms with E-state index in [1.54, 1.807) is 0 Å². The van der Waals surface area contributed by atoms with Crippen molar-refractivity contribution in [2.45, 2.75) is 75.5 Å². The first kappa shape index (κ1) is 40.3. The largest absolute Gasteiger partial charge is 0.508 e. The van der Waals surface area contributed by atoms with Crippen molar-refractivity contribution in [3.63, 3.8) is 0 Å². The van der Waals surface area contributed by atoms with Gasteiger partial charge >= 0.3 is 12.1 Å². The van der Waals surface area contributed by atoms with Crippen LogP contribution in [0, 0.1) is 0 Å². The van der Waals surface area contributed by atoms with E-state index in [0.717, 1.165) is 22.3 Å². The normalized spacial score (nSPS) is 13.6. The summed E-state index contributed by atoms with van der Waals surface area (Å²) in [5.74, 6) is -5.95. The van der Waals surface area contributed by atoms with Gasteiger partial charge in [-0.15, -0.1) is 0 Å². The average Bonchev–Trinajstić information content (AvgIpc) is 3.43. The number of nitrogens with one attached hydrogen (secondary N) is 4. The molecule has 10 N–H and O–H groups in total. The van der Waals surface area contributed by atoms with E-state index in [1.807, 2.05) is 48.5 Å². The molecule has 16 nitrogen and oxygen atoms in total. The summed E-state index contributed by atoms with van der Waals surface area (Å²) in [4.78, 5) is 88.4. The van der Waals surface area contributed by atoms with Gasteiger partial charge in [0.1, 0.15) is 36.0 Å². The lowest BCUT2D eigenvalue weighted by Crippen LogP contribution is -2.62. The van der Waals surface area contributed by atoms with E-state index >= 15 is 0 Å². The van der Waals surface area contributed by atoms with Crippen LogP contribution in [-0.4, -0.2) is 82.1 Å². The van der Waals surface area contributed by atoms with Gasteiger partial charge in [-0.05, 0) is 66.6 Å². The number of nitrogens with two attached hydrogens (primary N) is 2. The van der Waals surface area contributed by atoms with E-state index in [1.165, 1.54) is 38.1 Å². The minimum absolute atomic E-state index is 0.00850. The van der Waals surface area contributed by atoms with Crippen LogP contribution in [0.3, 0.4) is 0 Å². The number of carboxylic acid groups (broad SMARTS) is 1. The van der Waals surface area contributed by atoms with Crippen molar-refractivity contribution in [3.8, 4) is 16.9 Å². The number of carbonyl (C=O) groups excluding carboxylic acids is 6. The molecule has 0 unspecified atom stereocenters. The number of alkyl carbamates (subject to hydrolysis) is 1. The second-order valence-corrected chi connectivity index (χ2v) is 13.5. The second kappa shape index (κ2) is 17.9. The molecule has 286 valence electrons. The Hall–Kier alpha value is -6.45. The van der Waals surface area contributed by atoms with Crippen molar-refractivity contribution < 1.29 is 48.5 Å². The Morgan fingerprint density at radius 2 is 1.37 bits per heavy atom. The van der Waals surface area contributed by atoms with Crippen LogP contribution in [0.1, 0.15) is 62.1 Å². The first-order valence-electron chi connectivity index (χ1n) is 17.2. The van der Waals surface area contributed by atoms with Crippen LogP contribution in [0.5, 0.6) is 5.75 Å². The molecule has 0 aliphatic heterocycles. The fourth-order valence-corrected chi connectivity index (χ4v) is 6.07. The minimum Gasteiger partial charge on any atom is -0.508 e. The minimum atomic E-state index is -1.72. The number of carboxylic acids is 1. The van der Waals surface area contributed by atoms with Gasteiger partial charge in [0.2, 0.25) is 29.5 Å². The molecule has 0 aromatic heterocycles. The Balaban J connectivity index is 1.51. The van der Waals surface area contributed by atoms with Crippen molar-refractivity contribution in [3.05, 3.63) is 89.5 Å². The van der Waals surface area contributed by atoms with Crippen LogP contribution in [0.2, 0.25) is 0 Å². The molecule has 6 amide bonds. The van der Waals surface area contributed by atoms with Crippen LogP contribution < -0.4 is 32.7 Å². The van der Waals surface area contributed by atoms with Gasteiger partial charge in [0.05, 0.1) is 6.42 Å². The van der Waals surface area contributed by atoms with Gasteiger partial charge in [-0.2, -0.15) is 0 Å². The summed E-state index contributed by atoms with van der Waals surface area (Å²) in [6.45, 7) is 2.58. The number of phenolic OH excluding ortho intramolecular Hbond substituents is 1. The van der Waals surface area contributed by atoms with Crippen molar-refractivity contribution >= 4 is 41.6 Å². The van der Waals surface area contributed by atoms with Gasteiger partial charge in [0.15, 0.2) is 0 Å². The number of rotatable bonds is 18. The number of aromatic hydroxyl groups is 1. The van der Waals surface area contributed by atoms with Gasteiger partial charge in [-0.25, -0.2) is 4.79 Å². The third-order valence-corrected chi connectivity index (χ3v) is 8.90. The number of benzene rings is 3. The standard InChI is InChI=1S/C38H44N6O10/c1-38(2,36(52)42-29(33(40)49)19-31(39)46)44-35(51)30(18-21-14-16-22(45)17-15-21)41-34(50)28(12-7-13-32(47)48)43-37(53)54-20-27-25-10-5-3-8-23(25)24-9-4-6-11-26(24)27/h3-6,8-11,14-17,27-30,45H,7,12-13,18-20H2,1-2H3,(H2,39,46)(H2,40,49)(H,41,50)(H,42,52)(H,43,53)(H,44,51)(H,47,48)/t28-,29-,30-/m0/s1. The van der Waals surface area contributed by atoms with Crippen LogP contribution in [0.4, 0.5) is 4.79 Å². The van der Waals surface area contributed by atoms with Crippen LogP contribution >= 0.6 is 0 Å². The zero-order chi connectivity index (χ0) is 39.6. The molecule has 0 radical (unpaired) electrons. The monoisotopic (exact) mass is 744 g/mol. The zero-order valence-corrected chi connectivity index (χ0v) is 29.8. The fourth-order valence-electron chi connectivity index (χ4n) is 6.07. The number of primary amides is 2. The van der Waals surface area contributed by atoms with E-state index in [2.05, 4.69) is 21.3 Å². The number of amides is 6.